The van der Waals surface area contributed by atoms with Crippen molar-refractivity contribution in [2.75, 3.05) is 13.7 Å². The zero-order valence-electron chi connectivity index (χ0n) is 14.7. The van der Waals surface area contributed by atoms with Crippen LogP contribution in [0.3, 0.4) is 0 Å². The maximum absolute atomic E-state index is 6.07. The third-order valence-corrected chi connectivity index (χ3v) is 4.52. The van der Waals surface area contributed by atoms with E-state index in [1.165, 1.54) is 0 Å². The first-order valence-corrected chi connectivity index (χ1v) is 7.70. The van der Waals surface area contributed by atoms with E-state index < -0.39 is 0 Å². The van der Waals surface area contributed by atoms with Crippen LogP contribution in [0.5, 0.6) is 5.75 Å². The van der Waals surface area contributed by atoms with Gasteiger partial charge in [0.15, 0.2) is 0 Å². The van der Waals surface area contributed by atoms with E-state index in [1.54, 1.807) is 7.11 Å². The molecule has 0 saturated carbocycles. The van der Waals surface area contributed by atoms with E-state index in [0.29, 0.717) is 6.61 Å². The highest BCUT2D eigenvalue weighted by Gasteiger charge is 2.51. The van der Waals surface area contributed by atoms with E-state index >= 15 is 0 Å². The number of benzene rings is 1. The highest BCUT2D eigenvalue weighted by molar-refractivity contribution is 6.62. The summed E-state index contributed by atoms with van der Waals surface area (Å²) in [6.45, 7) is 12.7. The van der Waals surface area contributed by atoms with Gasteiger partial charge in [0.05, 0.1) is 16.8 Å². The van der Waals surface area contributed by atoms with E-state index in [4.69, 9.17) is 18.8 Å². The SMILES string of the molecule is COC(C)(C)COc1cccc(B2OC(C)(C)C(C)(C)O2)c1. The monoisotopic (exact) mass is 306 g/mol. The molecule has 0 aliphatic carbocycles. The fourth-order valence-corrected chi connectivity index (χ4v) is 2.05. The number of hydrogen-bond acceptors (Lipinski definition) is 4. The average Bonchev–Trinajstić information content (AvgIpc) is 2.66. The summed E-state index contributed by atoms with van der Waals surface area (Å²) in [5, 5.41) is 0. The molecule has 0 atom stereocenters. The third kappa shape index (κ3) is 3.65. The fourth-order valence-electron chi connectivity index (χ4n) is 2.05. The maximum Gasteiger partial charge on any atom is 0.494 e. The zero-order chi connectivity index (χ0) is 16.6. The van der Waals surface area contributed by atoms with Crippen LogP contribution in [0.15, 0.2) is 24.3 Å². The topological polar surface area (TPSA) is 36.9 Å². The highest BCUT2D eigenvalue weighted by atomic mass is 16.7. The Morgan fingerprint density at radius 2 is 1.68 bits per heavy atom. The maximum atomic E-state index is 6.07. The van der Waals surface area contributed by atoms with Crippen LogP contribution in [0, 0.1) is 0 Å². The standard InChI is InChI=1S/C17H27BO4/c1-15(2,19-7)12-20-14-10-8-9-13(11-14)18-21-16(3,4)17(5,6)22-18/h8-11H,12H2,1-7H3. The molecule has 4 nitrogen and oxygen atoms in total. The van der Waals surface area contributed by atoms with Crippen LogP contribution in [-0.4, -0.2) is 37.6 Å². The summed E-state index contributed by atoms with van der Waals surface area (Å²) in [6, 6.07) is 7.85. The largest absolute Gasteiger partial charge is 0.494 e. The lowest BCUT2D eigenvalue weighted by atomic mass is 9.79. The molecule has 1 fully saturated rings. The molecule has 2 rings (SSSR count). The molecule has 22 heavy (non-hydrogen) atoms. The first kappa shape index (κ1) is 17.3. The van der Waals surface area contributed by atoms with Crippen molar-refractivity contribution in [2.24, 2.45) is 0 Å². The van der Waals surface area contributed by atoms with E-state index in [2.05, 4.69) is 27.7 Å². The molecule has 0 radical (unpaired) electrons. The quantitative estimate of drug-likeness (QED) is 0.784. The third-order valence-electron chi connectivity index (χ3n) is 4.52. The lowest BCUT2D eigenvalue weighted by Crippen LogP contribution is -2.41. The van der Waals surface area contributed by atoms with Gasteiger partial charge in [0.1, 0.15) is 12.4 Å². The van der Waals surface area contributed by atoms with Gasteiger partial charge in [-0.1, -0.05) is 12.1 Å². The van der Waals surface area contributed by atoms with Gasteiger partial charge in [-0.25, -0.2) is 0 Å². The summed E-state index contributed by atoms with van der Waals surface area (Å²) in [5.74, 6) is 0.789. The smallest absolute Gasteiger partial charge is 0.491 e. The van der Waals surface area contributed by atoms with Gasteiger partial charge in [-0.2, -0.15) is 0 Å². The number of methoxy groups -OCH3 is 1. The van der Waals surface area contributed by atoms with Gasteiger partial charge in [0.25, 0.3) is 0 Å². The summed E-state index contributed by atoms with van der Waals surface area (Å²) in [5.41, 5.74) is -0.0363. The van der Waals surface area contributed by atoms with Crippen LogP contribution in [0.1, 0.15) is 41.5 Å². The Bertz CT molecular complexity index is 509. The van der Waals surface area contributed by atoms with Gasteiger partial charge in [-0.3, -0.25) is 0 Å². The van der Waals surface area contributed by atoms with Crippen LogP contribution in [0.25, 0.3) is 0 Å². The van der Waals surface area contributed by atoms with Crippen LogP contribution < -0.4 is 10.2 Å². The fraction of sp³-hybridized carbons (Fsp3) is 0.647. The van der Waals surface area contributed by atoms with E-state index in [-0.39, 0.29) is 23.9 Å². The van der Waals surface area contributed by atoms with Crippen LogP contribution in [0.2, 0.25) is 0 Å². The van der Waals surface area contributed by atoms with Crippen molar-refractivity contribution >= 4 is 12.6 Å². The van der Waals surface area contributed by atoms with Gasteiger partial charge >= 0.3 is 7.12 Å². The molecule has 0 bridgehead atoms. The molecule has 0 unspecified atom stereocenters. The Balaban J connectivity index is 2.10. The minimum Gasteiger partial charge on any atom is -0.491 e. The van der Waals surface area contributed by atoms with Crippen LogP contribution in [0.4, 0.5) is 0 Å². The van der Waals surface area contributed by atoms with E-state index in [0.717, 1.165) is 11.2 Å². The lowest BCUT2D eigenvalue weighted by Gasteiger charge is -2.32. The van der Waals surface area contributed by atoms with Crippen molar-refractivity contribution in [2.45, 2.75) is 58.3 Å². The Labute approximate surface area is 134 Å². The predicted molar refractivity (Wildman–Crippen MR) is 88.7 cm³/mol. The number of rotatable bonds is 5. The molecule has 1 aliphatic rings. The molecule has 1 aromatic rings. The van der Waals surface area contributed by atoms with Crippen molar-refractivity contribution in [3.05, 3.63) is 24.3 Å². The molecule has 1 aromatic carbocycles. The summed E-state index contributed by atoms with van der Waals surface area (Å²) in [6.07, 6.45) is 0. The molecule has 0 N–H and O–H groups in total. The molecule has 0 amide bonds. The summed E-state index contributed by atoms with van der Waals surface area (Å²) < 4.78 is 23.3. The molecular weight excluding hydrogens is 279 g/mol. The second kappa shape index (κ2) is 5.87. The Morgan fingerprint density at radius 3 is 2.23 bits per heavy atom. The first-order chi connectivity index (χ1) is 10.1. The minimum atomic E-state index is -0.371. The van der Waals surface area contributed by atoms with Gasteiger partial charge in [-0.15, -0.1) is 0 Å². The Kier molecular flexibility index (Phi) is 4.62. The zero-order valence-corrected chi connectivity index (χ0v) is 14.7. The van der Waals surface area contributed by atoms with Crippen LogP contribution >= 0.6 is 0 Å². The predicted octanol–water partition coefficient (Wildman–Crippen LogP) is 2.79. The van der Waals surface area contributed by atoms with Crippen LogP contribution in [-0.2, 0) is 14.0 Å². The van der Waals surface area contributed by atoms with Crippen molar-refractivity contribution in [3.63, 3.8) is 0 Å². The van der Waals surface area contributed by atoms with Gasteiger partial charge in [-0.05, 0) is 59.1 Å². The number of ether oxygens (including phenoxy) is 2. The van der Waals surface area contributed by atoms with Gasteiger partial charge in [0.2, 0.25) is 0 Å². The molecule has 0 aromatic heterocycles. The highest BCUT2D eigenvalue weighted by Crippen LogP contribution is 2.36. The second-order valence-corrected chi connectivity index (χ2v) is 7.41. The molecule has 1 heterocycles. The Morgan fingerprint density at radius 1 is 1.09 bits per heavy atom. The molecule has 1 saturated heterocycles. The van der Waals surface area contributed by atoms with Gasteiger partial charge < -0.3 is 18.8 Å². The molecule has 1 aliphatic heterocycles. The average molecular weight is 306 g/mol. The van der Waals surface area contributed by atoms with Crippen molar-refractivity contribution < 1.29 is 18.8 Å². The van der Waals surface area contributed by atoms with Crippen molar-refractivity contribution in [1.82, 2.24) is 0 Å². The normalized spacial score (nSPS) is 20.2. The minimum absolute atomic E-state index is 0.319. The Hall–Kier alpha value is -1.04. The lowest BCUT2D eigenvalue weighted by molar-refractivity contribution is -0.0146. The summed E-state index contributed by atoms with van der Waals surface area (Å²) in [7, 11) is 1.31. The van der Waals surface area contributed by atoms with Gasteiger partial charge in [0, 0.05) is 7.11 Å². The van der Waals surface area contributed by atoms with E-state index in [1.807, 2.05) is 38.1 Å². The van der Waals surface area contributed by atoms with E-state index in [9.17, 15) is 0 Å². The summed E-state index contributed by atoms with van der Waals surface area (Å²) in [4.78, 5) is 0. The second-order valence-electron chi connectivity index (χ2n) is 7.41. The summed E-state index contributed by atoms with van der Waals surface area (Å²) >= 11 is 0. The molecular formula is C17H27BO4. The first-order valence-electron chi connectivity index (χ1n) is 7.70. The number of hydrogen-bond donors (Lipinski definition) is 0. The molecule has 5 heteroatoms. The molecule has 122 valence electrons. The van der Waals surface area contributed by atoms with Crippen molar-refractivity contribution in [1.29, 1.82) is 0 Å². The van der Waals surface area contributed by atoms with Crippen molar-refractivity contribution in [3.8, 4) is 5.75 Å². The molecule has 0 spiro atoms.